The van der Waals surface area contributed by atoms with Crippen molar-refractivity contribution < 1.29 is 28.2 Å². The molecular formula is C13H12F2O4. The number of aliphatic carboxylic acids is 1. The molecule has 1 N–H and O–H groups in total. The zero-order valence-corrected chi connectivity index (χ0v) is 9.99. The fraction of sp³-hybridized carbons (Fsp3) is 0.462. The minimum Gasteiger partial charge on any atom is -0.481 e. The third-order valence-corrected chi connectivity index (χ3v) is 3.69. The smallest absolute Gasteiger partial charge is 0.304 e. The highest BCUT2D eigenvalue weighted by Gasteiger charge is 2.48. The number of halogens is 2. The molecule has 0 radical (unpaired) electrons. The summed E-state index contributed by atoms with van der Waals surface area (Å²) in [6.45, 7) is 0.00734. The fourth-order valence-corrected chi connectivity index (χ4v) is 2.58. The second kappa shape index (κ2) is 4.08. The average molecular weight is 270 g/mol. The van der Waals surface area contributed by atoms with Gasteiger partial charge in [0.1, 0.15) is 0 Å². The van der Waals surface area contributed by atoms with Crippen molar-refractivity contribution in [3.63, 3.8) is 0 Å². The minimum absolute atomic E-state index is 0.00734. The Bertz CT molecular complexity index is 538. The van der Waals surface area contributed by atoms with E-state index >= 15 is 0 Å². The molecule has 6 heteroatoms. The number of carboxylic acids is 1. The Kier molecular flexibility index (Phi) is 2.62. The Morgan fingerprint density at radius 2 is 1.95 bits per heavy atom. The Morgan fingerprint density at radius 3 is 2.47 bits per heavy atom. The van der Waals surface area contributed by atoms with Crippen LogP contribution >= 0.6 is 0 Å². The number of hydrogen-bond donors (Lipinski definition) is 1. The van der Waals surface area contributed by atoms with E-state index in [2.05, 4.69) is 0 Å². The summed E-state index contributed by atoms with van der Waals surface area (Å²) in [6.07, 6.45) is -1.57. The van der Waals surface area contributed by atoms with Gasteiger partial charge >= 0.3 is 5.97 Å². The molecule has 1 aliphatic heterocycles. The Hall–Kier alpha value is -1.85. The molecule has 4 nitrogen and oxygen atoms in total. The first kappa shape index (κ1) is 12.2. The van der Waals surface area contributed by atoms with Crippen molar-refractivity contribution in [1.82, 2.24) is 0 Å². The Labute approximate surface area is 107 Å². The van der Waals surface area contributed by atoms with Crippen LogP contribution in [0.3, 0.4) is 0 Å². The summed E-state index contributed by atoms with van der Waals surface area (Å²) >= 11 is 0. The van der Waals surface area contributed by atoms with Gasteiger partial charge in [-0.1, -0.05) is 0 Å². The summed E-state index contributed by atoms with van der Waals surface area (Å²) in [4.78, 5) is 10.9. The van der Waals surface area contributed by atoms with Crippen molar-refractivity contribution >= 4 is 5.97 Å². The maximum Gasteiger partial charge on any atom is 0.304 e. The molecule has 0 aromatic heterocycles. The lowest BCUT2D eigenvalue weighted by Crippen LogP contribution is -2.15. The number of alkyl halides is 2. The van der Waals surface area contributed by atoms with E-state index in [1.165, 1.54) is 12.1 Å². The first-order chi connectivity index (χ1) is 9.02. The molecule has 0 atom stereocenters. The predicted molar refractivity (Wildman–Crippen MR) is 60.7 cm³/mol. The molecule has 0 bridgehead atoms. The Balaban J connectivity index is 2.07. The van der Waals surface area contributed by atoms with Crippen molar-refractivity contribution in [3.8, 4) is 11.5 Å². The second-order valence-electron chi connectivity index (χ2n) is 4.94. The van der Waals surface area contributed by atoms with E-state index < -0.39 is 17.8 Å². The third-order valence-electron chi connectivity index (χ3n) is 3.69. The molecule has 1 fully saturated rings. The van der Waals surface area contributed by atoms with Gasteiger partial charge in [-0.2, -0.15) is 0 Å². The zero-order chi connectivity index (χ0) is 13.6. The van der Waals surface area contributed by atoms with Crippen molar-refractivity contribution in [3.05, 3.63) is 23.3 Å². The monoisotopic (exact) mass is 270 g/mol. The van der Waals surface area contributed by atoms with Crippen LogP contribution in [-0.4, -0.2) is 17.9 Å². The molecule has 1 saturated carbocycles. The van der Waals surface area contributed by atoms with E-state index in [9.17, 15) is 13.6 Å². The minimum atomic E-state index is -2.66. The van der Waals surface area contributed by atoms with Crippen molar-refractivity contribution in [2.75, 3.05) is 6.79 Å². The van der Waals surface area contributed by atoms with Gasteiger partial charge in [-0.05, 0) is 30.5 Å². The quantitative estimate of drug-likeness (QED) is 0.914. The van der Waals surface area contributed by atoms with E-state index in [1.807, 2.05) is 0 Å². The highest BCUT2D eigenvalue weighted by Crippen LogP contribution is 2.55. The first-order valence-corrected chi connectivity index (χ1v) is 5.96. The average Bonchev–Trinajstić information content (AvgIpc) is 2.96. The molecule has 0 saturated heterocycles. The Morgan fingerprint density at radius 1 is 1.32 bits per heavy atom. The number of carboxylic acid groups (broad SMARTS) is 1. The third kappa shape index (κ3) is 2.01. The number of rotatable bonds is 4. The largest absolute Gasteiger partial charge is 0.481 e. The molecule has 2 aliphatic rings. The molecule has 0 amide bonds. The summed E-state index contributed by atoms with van der Waals surface area (Å²) in [5.41, 5.74) is -0.435. The van der Waals surface area contributed by atoms with E-state index in [1.54, 1.807) is 0 Å². The maximum absolute atomic E-state index is 13.1. The molecule has 1 aromatic carbocycles. The van der Waals surface area contributed by atoms with Crippen LogP contribution in [0.15, 0.2) is 12.1 Å². The van der Waals surface area contributed by atoms with Gasteiger partial charge in [0.25, 0.3) is 6.43 Å². The fourth-order valence-electron chi connectivity index (χ4n) is 2.58. The van der Waals surface area contributed by atoms with Gasteiger partial charge < -0.3 is 14.6 Å². The zero-order valence-electron chi connectivity index (χ0n) is 9.99. The molecule has 3 rings (SSSR count). The number of ether oxygens (including phenoxy) is 2. The number of hydrogen-bond acceptors (Lipinski definition) is 3. The first-order valence-electron chi connectivity index (χ1n) is 5.96. The summed E-state index contributed by atoms with van der Waals surface area (Å²) in [5.74, 6) is -0.267. The van der Waals surface area contributed by atoms with Gasteiger partial charge in [-0.25, -0.2) is 8.78 Å². The van der Waals surface area contributed by atoms with E-state index in [0.29, 0.717) is 29.9 Å². The molecule has 0 spiro atoms. The number of carbonyl (C=O) groups is 1. The highest BCUT2D eigenvalue weighted by atomic mass is 19.3. The summed E-state index contributed by atoms with van der Waals surface area (Å²) in [6, 6.07) is 2.78. The maximum atomic E-state index is 13.1. The topological polar surface area (TPSA) is 55.8 Å². The standard InChI is InChI=1S/C13H12F2O4/c14-12(15)7-3-9-10(19-6-18-9)4-8(7)13(1-2-13)5-11(16)17/h3-4,12H,1-2,5-6H2,(H,16,17). The van der Waals surface area contributed by atoms with Crippen LogP contribution in [-0.2, 0) is 10.2 Å². The van der Waals surface area contributed by atoms with Crippen molar-refractivity contribution in [1.29, 1.82) is 0 Å². The molecular weight excluding hydrogens is 258 g/mol. The molecule has 1 aromatic rings. The number of fused-ring (bicyclic) bond motifs is 1. The van der Waals surface area contributed by atoms with Crippen LogP contribution in [0.1, 0.15) is 36.8 Å². The normalized spacial score (nSPS) is 18.7. The van der Waals surface area contributed by atoms with Crippen LogP contribution in [0.4, 0.5) is 8.78 Å². The van der Waals surface area contributed by atoms with Crippen molar-refractivity contribution in [2.24, 2.45) is 0 Å². The van der Waals surface area contributed by atoms with Crippen LogP contribution < -0.4 is 9.47 Å². The number of benzene rings is 1. The molecule has 1 aliphatic carbocycles. The van der Waals surface area contributed by atoms with Gasteiger partial charge in [-0.15, -0.1) is 0 Å². The van der Waals surface area contributed by atoms with E-state index in [-0.39, 0.29) is 18.8 Å². The predicted octanol–water partition coefficient (Wildman–Crippen LogP) is 2.86. The van der Waals surface area contributed by atoms with Crippen LogP contribution in [0.5, 0.6) is 11.5 Å². The molecule has 102 valence electrons. The van der Waals surface area contributed by atoms with Gasteiger partial charge in [0.05, 0.1) is 6.42 Å². The lowest BCUT2D eigenvalue weighted by molar-refractivity contribution is -0.137. The van der Waals surface area contributed by atoms with Crippen LogP contribution in [0, 0.1) is 0 Å². The van der Waals surface area contributed by atoms with Crippen molar-refractivity contribution in [2.45, 2.75) is 31.1 Å². The lowest BCUT2D eigenvalue weighted by atomic mass is 9.88. The molecule has 1 heterocycles. The summed E-state index contributed by atoms with van der Waals surface area (Å²) in [7, 11) is 0. The summed E-state index contributed by atoms with van der Waals surface area (Å²) < 4.78 is 36.6. The van der Waals surface area contributed by atoms with Gasteiger partial charge in [0.15, 0.2) is 11.5 Å². The van der Waals surface area contributed by atoms with Crippen LogP contribution in [0.2, 0.25) is 0 Å². The van der Waals surface area contributed by atoms with E-state index in [4.69, 9.17) is 14.6 Å². The second-order valence-corrected chi connectivity index (χ2v) is 4.94. The van der Waals surface area contributed by atoms with Gasteiger partial charge in [-0.3, -0.25) is 4.79 Å². The van der Waals surface area contributed by atoms with Gasteiger partial charge in [0.2, 0.25) is 6.79 Å². The van der Waals surface area contributed by atoms with Gasteiger partial charge in [0, 0.05) is 11.0 Å². The SMILES string of the molecule is O=C(O)CC1(c2cc3c(cc2C(F)F)OCO3)CC1. The van der Waals surface area contributed by atoms with E-state index in [0.717, 1.165) is 0 Å². The van der Waals surface area contributed by atoms with Crippen LogP contribution in [0.25, 0.3) is 0 Å². The molecule has 0 unspecified atom stereocenters. The summed E-state index contributed by atoms with van der Waals surface area (Å²) in [5, 5.41) is 8.93. The highest BCUT2D eigenvalue weighted by molar-refractivity contribution is 5.71. The molecule has 19 heavy (non-hydrogen) atoms. The lowest BCUT2D eigenvalue weighted by Gasteiger charge is -2.18.